The zero-order valence-electron chi connectivity index (χ0n) is 13.1. The molecule has 0 amide bonds. The maximum atomic E-state index is 12.8. The molecule has 1 unspecified atom stereocenters. The van der Waals surface area contributed by atoms with Crippen molar-refractivity contribution in [3.8, 4) is 0 Å². The molecule has 3 fully saturated rings. The van der Waals surface area contributed by atoms with E-state index in [9.17, 15) is 8.42 Å². The van der Waals surface area contributed by atoms with Gasteiger partial charge in [-0.3, -0.25) is 0 Å². The summed E-state index contributed by atoms with van der Waals surface area (Å²) in [5.41, 5.74) is 0. The van der Waals surface area contributed by atoms with Gasteiger partial charge in [-0.25, -0.2) is 0 Å². The molecule has 21 heavy (non-hydrogen) atoms. The van der Waals surface area contributed by atoms with Gasteiger partial charge >= 0.3 is 0 Å². The topological polar surface area (TPSA) is 61.4 Å². The summed E-state index contributed by atoms with van der Waals surface area (Å²) in [6.07, 6.45) is 7.90. The van der Waals surface area contributed by atoms with E-state index in [1.165, 1.54) is 25.7 Å². The van der Waals surface area contributed by atoms with Crippen molar-refractivity contribution in [2.75, 3.05) is 19.6 Å². The van der Waals surface area contributed by atoms with Gasteiger partial charge < -0.3 is 5.32 Å². The highest BCUT2D eigenvalue weighted by molar-refractivity contribution is 7.87. The lowest BCUT2D eigenvalue weighted by molar-refractivity contribution is 0.241. The Labute approximate surface area is 129 Å². The van der Waals surface area contributed by atoms with Crippen LogP contribution in [0.5, 0.6) is 0 Å². The SMILES string of the molecule is CCNCC1CCCCN1S(=O)(=O)NC(C1CC1)C1CC1. The zero-order chi connectivity index (χ0) is 14.9. The molecule has 1 atom stereocenters. The van der Waals surface area contributed by atoms with Crippen LogP contribution < -0.4 is 10.0 Å². The Morgan fingerprint density at radius 2 is 1.76 bits per heavy atom. The van der Waals surface area contributed by atoms with Crippen LogP contribution in [-0.2, 0) is 10.2 Å². The average molecular weight is 315 g/mol. The van der Waals surface area contributed by atoms with Crippen molar-refractivity contribution in [1.29, 1.82) is 0 Å². The summed E-state index contributed by atoms with van der Waals surface area (Å²) < 4.78 is 30.4. The molecule has 1 heterocycles. The van der Waals surface area contributed by atoms with Crippen molar-refractivity contribution in [2.24, 2.45) is 11.8 Å². The van der Waals surface area contributed by atoms with E-state index in [1.54, 1.807) is 4.31 Å². The molecule has 1 saturated heterocycles. The second-order valence-electron chi connectivity index (χ2n) is 6.89. The van der Waals surface area contributed by atoms with Crippen molar-refractivity contribution < 1.29 is 8.42 Å². The highest BCUT2D eigenvalue weighted by Gasteiger charge is 2.45. The van der Waals surface area contributed by atoms with E-state index in [-0.39, 0.29) is 12.1 Å². The van der Waals surface area contributed by atoms with Gasteiger partial charge in [0.1, 0.15) is 0 Å². The van der Waals surface area contributed by atoms with E-state index < -0.39 is 10.2 Å². The van der Waals surface area contributed by atoms with Crippen LogP contribution in [0.3, 0.4) is 0 Å². The normalized spacial score (nSPS) is 28.2. The molecule has 0 aromatic carbocycles. The maximum absolute atomic E-state index is 12.8. The summed E-state index contributed by atoms with van der Waals surface area (Å²) >= 11 is 0. The highest BCUT2D eigenvalue weighted by atomic mass is 32.2. The third-order valence-corrected chi connectivity index (χ3v) is 6.72. The second kappa shape index (κ2) is 6.52. The summed E-state index contributed by atoms with van der Waals surface area (Å²) in [6, 6.07) is 0.326. The monoisotopic (exact) mass is 315 g/mol. The van der Waals surface area contributed by atoms with E-state index >= 15 is 0 Å². The van der Waals surface area contributed by atoms with Crippen LogP contribution >= 0.6 is 0 Å². The summed E-state index contributed by atoms with van der Waals surface area (Å²) in [5, 5.41) is 3.31. The number of hydrogen-bond acceptors (Lipinski definition) is 3. The van der Waals surface area contributed by atoms with Crippen LogP contribution in [0.4, 0.5) is 0 Å². The van der Waals surface area contributed by atoms with Crippen LogP contribution in [0.1, 0.15) is 51.9 Å². The Hall–Kier alpha value is -0.170. The van der Waals surface area contributed by atoms with E-state index in [0.717, 1.165) is 32.4 Å². The van der Waals surface area contributed by atoms with Gasteiger partial charge in [0.05, 0.1) is 0 Å². The Balaban J connectivity index is 1.66. The third-order valence-electron chi connectivity index (χ3n) is 5.06. The van der Waals surface area contributed by atoms with Crippen LogP contribution in [0, 0.1) is 11.8 Å². The lowest BCUT2D eigenvalue weighted by Gasteiger charge is -2.36. The molecule has 5 nitrogen and oxygen atoms in total. The average Bonchev–Trinajstić information content (AvgIpc) is 3.36. The number of nitrogens with one attached hydrogen (secondary N) is 2. The van der Waals surface area contributed by atoms with Gasteiger partial charge in [0.2, 0.25) is 0 Å². The highest BCUT2D eigenvalue weighted by Crippen LogP contribution is 2.45. The van der Waals surface area contributed by atoms with E-state index in [0.29, 0.717) is 18.4 Å². The molecule has 0 bridgehead atoms. The summed E-state index contributed by atoms with van der Waals surface area (Å²) in [4.78, 5) is 0. The first kappa shape index (κ1) is 15.7. The molecule has 2 N–H and O–H groups in total. The molecule has 0 spiro atoms. The number of nitrogens with zero attached hydrogens (tertiary/aromatic N) is 1. The first-order valence-electron chi connectivity index (χ1n) is 8.61. The van der Waals surface area contributed by atoms with Gasteiger partial charge in [0.25, 0.3) is 10.2 Å². The molecule has 0 aromatic rings. The minimum Gasteiger partial charge on any atom is -0.315 e. The number of likely N-dealkylation sites (N-methyl/N-ethyl adjacent to an activating group) is 1. The molecule has 3 rings (SSSR count). The molecule has 0 aromatic heterocycles. The third kappa shape index (κ3) is 3.97. The predicted molar refractivity (Wildman–Crippen MR) is 84.2 cm³/mol. The lowest BCUT2D eigenvalue weighted by Crippen LogP contribution is -2.54. The number of piperidine rings is 1. The van der Waals surface area contributed by atoms with Gasteiger partial charge in [-0.2, -0.15) is 17.4 Å². The maximum Gasteiger partial charge on any atom is 0.280 e. The van der Waals surface area contributed by atoms with Crippen molar-refractivity contribution >= 4 is 10.2 Å². The van der Waals surface area contributed by atoms with Crippen LogP contribution in [-0.4, -0.2) is 44.4 Å². The smallest absolute Gasteiger partial charge is 0.280 e. The molecule has 122 valence electrons. The Bertz CT molecular complexity index is 434. The first-order chi connectivity index (χ1) is 10.1. The van der Waals surface area contributed by atoms with E-state index in [4.69, 9.17) is 0 Å². The Kier molecular flexibility index (Phi) is 4.88. The molecule has 6 heteroatoms. The van der Waals surface area contributed by atoms with Gasteiger partial charge in [0, 0.05) is 25.2 Å². The van der Waals surface area contributed by atoms with Crippen molar-refractivity contribution in [3.05, 3.63) is 0 Å². The van der Waals surface area contributed by atoms with Crippen molar-refractivity contribution in [2.45, 2.75) is 64.0 Å². The molecular weight excluding hydrogens is 286 g/mol. The predicted octanol–water partition coefficient (Wildman–Crippen LogP) is 1.47. The number of rotatable bonds is 8. The molecule has 1 aliphatic heterocycles. The number of hydrogen-bond donors (Lipinski definition) is 2. The zero-order valence-corrected chi connectivity index (χ0v) is 13.9. The Morgan fingerprint density at radius 3 is 2.33 bits per heavy atom. The summed E-state index contributed by atoms with van der Waals surface area (Å²) in [7, 11) is -3.33. The lowest BCUT2D eigenvalue weighted by atomic mass is 10.1. The fourth-order valence-corrected chi connectivity index (χ4v) is 5.34. The van der Waals surface area contributed by atoms with Gasteiger partial charge in [-0.05, 0) is 56.9 Å². The molecule has 3 aliphatic rings. The van der Waals surface area contributed by atoms with Gasteiger partial charge in [-0.15, -0.1) is 0 Å². The largest absolute Gasteiger partial charge is 0.315 e. The first-order valence-corrected chi connectivity index (χ1v) is 10.1. The van der Waals surface area contributed by atoms with Crippen LogP contribution in [0.2, 0.25) is 0 Å². The Morgan fingerprint density at radius 1 is 1.10 bits per heavy atom. The standard InChI is InChI=1S/C15H29N3O2S/c1-2-16-11-14-5-3-4-10-18(14)21(19,20)17-15(12-6-7-12)13-8-9-13/h12-17H,2-11H2,1H3. The second-order valence-corrected chi connectivity index (χ2v) is 8.55. The van der Waals surface area contributed by atoms with Crippen molar-refractivity contribution in [1.82, 2.24) is 14.3 Å². The fourth-order valence-electron chi connectivity index (χ4n) is 3.53. The minimum absolute atomic E-state index is 0.121. The van der Waals surface area contributed by atoms with Crippen LogP contribution in [0.25, 0.3) is 0 Å². The summed E-state index contributed by atoms with van der Waals surface area (Å²) in [5.74, 6) is 1.20. The van der Waals surface area contributed by atoms with Gasteiger partial charge in [-0.1, -0.05) is 13.3 Å². The van der Waals surface area contributed by atoms with E-state index in [2.05, 4.69) is 17.0 Å². The summed E-state index contributed by atoms with van der Waals surface area (Å²) in [6.45, 7) is 4.41. The minimum atomic E-state index is -3.33. The molecule has 0 radical (unpaired) electrons. The van der Waals surface area contributed by atoms with Gasteiger partial charge in [0.15, 0.2) is 0 Å². The van der Waals surface area contributed by atoms with Crippen LogP contribution in [0.15, 0.2) is 0 Å². The molecular formula is C15H29N3O2S. The molecule has 2 saturated carbocycles. The van der Waals surface area contributed by atoms with Crippen molar-refractivity contribution in [3.63, 3.8) is 0 Å². The quantitative estimate of drug-likeness (QED) is 0.713. The van der Waals surface area contributed by atoms with E-state index in [1.807, 2.05) is 0 Å². The molecule has 2 aliphatic carbocycles. The fraction of sp³-hybridized carbons (Fsp3) is 1.00.